The van der Waals surface area contributed by atoms with Gasteiger partial charge in [0.1, 0.15) is 5.75 Å². The summed E-state index contributed by atoms with van der Waals surface area (Å²) in [4.78, 5) is 17.2. The maximum Gasteiger partial charge on any atom is 0.241 e. The SMILES string of the molecule is COc1ccc(C)cc1NC(=O)[C@H](C)N1CCN(c2ccccc2Cl)CC1. The van der Waals surface area contributed by atoms with Crippen LogP contribution in [-0.2, 0) is 4.79 Å². The molecule has 1 amide bonds. The van der Waals surface area contributed by atoms with Crippen LogP contribution >= 0.6 is 11.6 Å². The van der Waals surface area contributed by atoms with Crippen molar-refractivity contribution in [1.29, 1.82) is 0 Å². The Morgan fingerprint density at radius 1 is 1.15 bits per heavy atom. The molecule has 2 aromatic rings. The zero-order chi connectivity index (χ0) is 19.4. The number of hydrogen-bond donors (Lipinski definition) is 1. The van der Waals surface area contributed by atoms with Crippen LogP contribution in [0, 0.1) is 6.92 Å². The van der Waals surface area contributed by atoms with Crippen LogP contribution in [-0.4, -0.2) is 50.1 Å². The highest BCUT2D eigenvalue weighted by Gasteiger charge is 2.26. The Bertz CT molecular complexity index is 804. The molecule has 0 aliphatic carbocycles. The minimum Gasteiger partial charge on any atom is -0.495 e. The lowest BCUT2D eigenvalue weighted by Gasteiger charge is -2.38. The van der Waals surface area contributed by atoms with Gasteiger partial charge in [0, 0.05) is 26.2 Å². The third-order valence-corrected chi connectivity index (χ3v) is 5.37. The van der Waals surface area contributed by atoms with E-state index in [1.165, 1.54) is 0 Å². The molecule has 1 fully saturated rings. The molecule has 1 aliphatic rings. The number of amides is 1. The number of piperazine rings is 1. The molecule has 0 radical (unpaired) electrons. The first kappa shape index (κ1) is 19.5. The summed E-state index contributed by atoms with van der Waals surface area (Å²) >= 11 is 6.31. The van der Waals surface area contributed by atoms with Crippen molar-refractivity contribution in [2.45, 2.75) is 19.9 Å². The van der Waals surface area contributed by atoms with Crippen molar-refractivity contribution in [3.63, 3.8) is 0 Å². The summed E-state index contributed by atoms with van der Waals surface area (Å²) in [5.74, 6) is 0.648. The molecule has 0 spiro atoms. The predicted octanol–water partition coefficient (Wildman–Crippen LogP) is 3.81. The highest BCUT2D eigenvalue weighted by molar-refractivity contribution is 6.33. The fourth-order valence-corrected chi connectivity index (χ4v) is 3.64. The van der Waals surface area contributed by atoms with E-state index in [-0.39, 0.29) is 11.9 Å². The maximum absolute atomic E-state index is 12.8. The minimum atomic E-state index is -0.219. The molecule has 0 unspecified atom stereocenters. The van der Waals surface area contributed by atoms with Gasteiger partial charge in [0.25, 0.3) is 0 Å². The molecular weight excluding hydrogens is 362 g/mol. The number of ether oxygens (including phenoxy) is 1. The van der Waals surface area contributed by atoms with Crippen LogP contribution in [0.1, 0.15) is 12.5 Å². The second-order valence-corrected chi connectivity index (χ2v) is 7.25. The maximum atomic E-state index is 12.8. The highest BCUT2D eigenvalue weighted by Crippen LogP contribution is 2.27. The van der Waals surface area contributed by atoms with Gasteiger partial charge in [-0.05, 0) is 43.7 Å². The first-order valence-corrected chi connectivity index (χ1v) is 9.56. The quantitative estimate of drug-likeness (QED) is 0.847. The van der Waals surface area contributed by atoms with E-state index < -0.39 is 0 Å². The van der Waals surface area contributed by atoms with Gasteiger partial charge in [-0.1, -0.05) is 29.8 Å². The summed E-state index contributed by atoms with van der Waals surface area (Å²) < 4.78 is 5.35. The highest BCUT2D eigenvalue weighted by atomic mass is 35.5. The number of anilines is 2. The molecule has 1 saturated heterocycles. The summed E-state index contributed by atoms with van der Waals surface area (Å²) in [5.41, 5.74) is 2.84. The van der Waals surface area contributed by atoms with Crippen LogP contribution < -0.4 is 15.0 Å². The van der Waals surface area contributed by atoms with Gasteiger partial charge in [-0.25, -0.2) is 0 Å². The molecule has 27 heavy (non-hydrogen) atoms. The van der Waals surface area contributed by atoms with Gasteiger partial charge < -0.3 is 15.0 Å². The number of methoxy groups -OCH3 is 1. The number of benzene rings is 2. The molecule has 1 aliphatic heterocycles. The number of halogens is 1. The first-order valence-electron chi connectivity index (χ1n) is 9.18. The van der Waals surface area contributed by atoms with E-state index in [9.17, 15) is 4.79 Å². The molecular formula is C21H26ClN3O2. The average Bonchev–Trinajstić information content (AvgIpc) is 2.68. The largest absolute Gasteiger partial charge is 0.495 e. The van der Waals surface area contributed by atoms with Crippen molar-refractivity contribution in [2.24, 2.45) is 0 Å². The predicted molar refractivity (Wildman–Crippen MR) is 111 cm³/mol. The zero-order valence-corrected chi connectivity index (χ0v) is 16.8. The molecule has 3 rings (SSSR count). The standard InChI is InChI=1S/C21H26ClN3O2/c1-15-8-9-20(27-3)18(14-15)23-21(26)16(2)24-10-12-25(13-11-24)19-7-5-4-6-17(19)22/h4-9,14,16H,10-13H2,1-3H3,(H,23,26)/t16-/m0/s1. The fraction of sp³-hybridized carbons (Fsp3) is 0.381. The number of carbonyl (C=O) groups is 1. The summed E-state index contributed by atoms with van der Waals surface area (Å²) in [6, 6.07) is 13.4. The normalized spacial score (nSPS) is 16.1. The number of aryl methyl sites for hydroxylation is 1. The topological polar surface area (TPSA) is 44.8 Å². The average molecular weight is 388 g/mol. The van der Waals surface area contributed by atoms with Crippen LogP contribution in [0.4, 0.5) is 11.4 Å². The van der Waals surface area contributed by atoms with Crippen molar-refractivity contribution in [2.75, 3.05) is 43.5 Å². The minimum absolute atomic E-state index is 0.0231. The summed E-state index contributed by atoms with van der Waals surface area (Å²) in [6.45, 7) is 7.25. The van der Waals surface area contributed by atoms with Crippen LogP contribution in [0.2, 0.25) is 5.02 Å². The van der Waals surface area contributed by atoms with Crippen molar-refractivity contribution >= 4 is 28.9 Å². The van der Waals surface area contributed by atoms with Crippen LogP contribution in [0.3, 0.4) is 0 Å². The van der Waals surface area contributed by atoms with Crippen molar-refractivity contribution < 1.29 is 9.53 Å². The van der Waals surface area contributed by atoms with E-state index >= 15 is 0 Å². The summed E-state index contributed by atoms with van der Waals surface area (Å²) in [7, 11) is 1.61. The Morgan fingerprint density at radius 3 is 2.52 bits per heavy atom. The molecule has 5 nitrogen and oxygen atoms in total. The van der Waals surface area contributed by atoms with Crippen molar-refractivity contribution in [1.82, 2.24) is 4.90 Å². The van der Waals surface area contributed by atoms with Crippen molar-refractivity contribution in [3.8, 4) is 5.75 Å². The lowest BCUT2D eigenvalue weighted by molar-refractivity contribution is -0.120. The molecule has 0 aromatic heterocycles. The van der Waals surface area contributed by atoms with Gasteiger partial charge in [0.05, 0.1) is 29.5 Å². The zero-order valence-electron chi connectivity index (χ0n) is 16.0. The number of carbonyl (C=O) groups excluding carboxylic acids is 1. The molecule has 1 N–H and O–H groups in total. The summed E-state index contributed by atoms with van der Waals surface area (Å²) in [5, 5.41) is 3.78. The van der Waals surface area contributed by atoms with Gasteiger partial charge in [0.15, 0.2) is 0 Å². The van der Waals surface area contributed by atoms with Gasteiger partial charge >= 0.3 is 0 Å². The summed E-state index contributed by atoms with van der Waals surface area (Å²) in [6.07, 6.45) is 0. The fourth-order valence-electron chi connectivity index (χ4n) is 3.38. The van der Waals surface area contributed by atoms with Gasteiger partial charge in [-0.2, -0.15) is 0 Å². The molecule has 6 heteroatoms. The first-order chi connectivity index (χ1) is 13.0. The molecule has 2 aromatic carbocycles. The smallest absolute Gasteiger partial charge is 0.241 e. The monoisotopic (exact) mass is 387 g/mol. The third-order valence-electron chi connectivity index (χ3n) is 5.05. The second-order valence-electron chi connectivity index (χ2n) is 6.84. The third kappa shape index (κ3) is 4.54. The second kappa shape index (κ2) is 8.63. The van der Waals surface area contributed by atoms with E-state index in [2.05, 4.69) is 15.1 Å². The van der Waals surface area contributed by atoms with Crippen LogP contribution in [0.15, 0.2) is 42.5 Å². The van der Waals surface area contributed by atoms with Crippen LogP contribution in [0.5, 0.6) is 5.75 Å². The Balaban J connectivity index is 1.61. The van der Waals surface area contributed by atoms with E-state index in [1.54, 1.807) is 7.11 Å². The van der Waals surface area contributed by atoms with Crippen LogP contribution in [0.25, 0.3) is 0 Å². The molecule has 144 valence electrons. The number of nitrogens with zero attached hydrogens (tertiary/aromatic N) is 2. The van der Waals surface area contributed by atoms with Gasteiger partial charge in [-0.3, -0.25) is 9.69 Å². The molecule has 0 bridgehead atoms. The number of rotatable bonds is 5. The number of nitrogens with one attached hydrogen (secondary N) is 1. The number of para-hydroxylation sites is 1. The van der Waals surface area contributed by atoms with E-state index in [0.717, 1.165) is 42.5 Å². The number of hydrogen-bond acceptors (Lipinski definition) is 4. The lowest BCUT2D eigenvalue weighted by Crippen LogP contribution is -2.52. The van der Waals surface area contributed by atoms with E-state index in [1.807, 2.05) is 56.3 Å². The Morgan fingerprint density at radius 2 is 1.85 bits per heavy atom. The van der Waals surface area contributed by atoms with E-state index in [4.69, 9.17) is 16.3 Å². The molecule has 1 atom stereocenters. The molecule has 1 heterocycles. The Kier molecular flexibility index (Phi) is 6.24. The molecule has 0 saturated carbocycles. The van der Waals surface area contributed by atoms with Gasteiger partial charge in [-0.15, -0.1) is 0 Å². The Labute approximate surface area is 165 Å². The Hall–Kier alpha value is -2.24. The lowest BCUT2D eigenvalue weighted by atomic mass is 10.1. The van der Waals surface area contributed by atoms with Crippen molar-refractivity contribution in [3.05, 3.63) is 53.1 Å². The van der Waals surface area contributed by atoms with E-state index in [0.29, 0.717) is 11.4 Å². The van der Waals surface area contributed by atoms with Gasteiger partial charge in [0.2, 0.25) is 5.91 Å².